The zero-order valence-corrected chi connectivity index (χ0v) is 23.4. The van der Waals surface area contributed by atoms with Gasteiger partial charge in [-0.15, -0.1) is 0 Å². The first kappa shape index (κ1) is 26.6. The molecule has 0 radical (unpaired) electrons. The molecule has 210 valence electrons. The summed E-state index contributed by atoms with van der Waals surface area (Å²) in [6.07, 6.45) is 0.822. The van der Waals surface area contributed by atoms with Crippen molar-refractivity contribution in [3.8, 4) is 23.0 Å². The van der Waals surface area contributed by atoms with Gasteiger partial charge in [0.1, 0.15) is 30.5 Å². The van der Waals surface area contributed by atoms with Crippen LogP contribution in [0.2, 0.25) is 0 Å². The molecule has 0 aliphatic carbocycles. The number of benzene rings is 3. The van der Waals surface area contributed by atoms with Gasteiger partial charge in [0, 0.05) is 5.56 Å². The number of fused-ring (bicyclic) bond motifs is 2. The lowest BCUT2D eigenvalue weighted by atomic mass is 9.95. The lowest BCUT2D eigenvalue weighted by Crippen LogP contribution is -2.29. The molecular formula is C31H28N2O7S. The molecule has 0 saturated carbocycles. The Labute approximate surface area is 240 Å². The van der Waals surface area contributed by atoms with E-state index in [1.165, 1.54) is 16.2 Å². The maximum atomic E-state index is 13.7. The van der Waals surface area contributed by atoms with Gasteiger partial charge in [-0.25, -0.2) is 4.98 Å². The molecule has 3 heterocycles. The molecule has 1 saturated heterocycles. The molecule has 3 aromatic carbocycles. The van der Waals surface area contributed by atoms with Crippen molar-refractivity contribution in [3.05, 3.63) is 77.4 Å². The number of ether oxygens (including phenoxy) is 4. The van der Waals surface area contributed by atoms with Gasteiger partial charge in [0.25, 0.3) is 5.78 Å². The van der Waals surface area contributed by atoms with E-state index in [-0.39, 0.29) is 11.3 Å². The maximum Gasteiger partial charge on any atom is 0.301 e. The van der Waals surface area contributed by atoms with Gasteiger partial charge in [0.05, 0.1) is 35.0 Å². The molecule has 1 aromatic heterocycles. The van der Waals surface area contributed by atoms with Crippen LogP contribution < -0.4 is 23.8 Å². The molecule has 1 atom stereocenters. The number of hydrogen-bond acceptors (Lipinski definition) is 9. The maximum absolute atomic E-state index is 13.7. The number of hydrogen-bond donors (Lipinski definition) is 1. The third-order valence-corrected chi connectivity index (χ3v) is 7.79. The Morgan fingerprint density at radius 2 is 1.80 bits per heavy atom. The highest BCUT2D eigenvalue weighted by atomic mass is 32.1. The predicted octanol–water partition coefficient (Wildman–Crippen LogP) is 5.88. The molecule has 0 spiro atoms. The Bertz CT molecular complexity index is 1680. The molecule has 9 nitrogen and oxygen atoms in total. The van der Waals surface area contributed by atoms with Gasteiger partial charge >= 0.3 is 5.91 Å². The summed E-state index contributed by atoms with van der Waals surface area (Å²) in [7, 11) is 0. The minimum Gasteiger partial charge on any atom is -0.507 e. The van der Waals surface area contributed by atoms with Crippen LogP contribution in [0, 0.1) is 0 Å². The van der Waals surface area contributed by atoms with Gasteiger partial charge in [-0.2, -0.15) is 0 Å². The van der Waals surface area contributed by atoms with Gasteiger partial charge in [-0.3, -0.25) is 14.5 Å². The van der Waals surface area contributed by atoms with E-state index in [1.807, 2.05) is 38.1 Å². The number of thiazole rings is 1. The topological polar surface area (TPSA) is 107 Å². The van der Waals surface area contributed by atoms with Gasteiger partial charge in [-0.1, -0.05) is 30.4 Å². The number of carbonyl (C=O) groups excluding carboxylic acids is 2. The number of nitrogens with zero attached hydrogens (tertiary/aromatic N) is 2. The molecule has 1 amide bonds. The van der Waals surface area contributed by atoms with Crippen LogP contribution in [0.3, 0.4) is 0 Å². The van der Waals surface area contributed by atoms with Gasteiger partial charge in [0.15, 0.2) is 16.6 Å². The Kier molecular flexibility index (Phi) is 7.23. The molecule has 4 aromatic rings. The lowest BCUT2D eigenvalue weighted by Gasteiger charge is -2.23. The zero-order chi connectivity index (χ0) is 28.5. The number of anilines is 1. The van der Waals surface area contributed by atoms with Crippen LogP contribution in [0.5, 0.6) is 23.0 Å². The lowest BCUT2D eigenvalue weighted by molar-refractivity contribution is -0.132. The van der Waals surface area contributed by atoms with E-state index in [2.05, 4.69) is 0 Å². The number of Topliss-reactive ketones (excluding diaryl/α,β-unsaturated/α-hetero) is 1. The third kappa shape index (κ3) is 4.95. The van der Waals surface area contributed by atoms with Gasteiger partial charge < -0.3 is 24.1 Å². The predicted molar refractivity (Wildman–Crippen MR) is 155 cm³/mol. The van der Waals surface area contributed by atoms with Crippen molar-refractivity contribution in [2.45, 2.75) is 26.3 Å². The number of aliphatic hydroxyl groups is 1. The molecule has 1 fully saturated rings. The van der Waals surface area contributed by atoms with Crippen LogP contribution in [0.1, 0.15) is 37.4 Å². The fraction of sp³-hybridized carbons (Fsp3) is 0.258. The number of aliphatic hydroxyl groups excluding tert-OH is 1. The highest BCUT2D eigenvalue weighted by Gasteiger charge is 2.48. The summed E-state index contributed by atoms with van der Waals surface area (Å²) >= 11 is 1.27. The van der Waals surface area contributed by atoms with Crippen LogP contribution in [-0.2, 0) is 9.59 Å². The van der Waals surface area contributed by atoms with Crippen molar-refractivity contribution >= 4 is 44.1 Å². The SMILES string of the molecule is CCCOc1cccc([C@@H]2C(=C(O)c3ccc4c(c3)OCCO4)C(=O)C(=O)N2c2nc3ccc(OCC)cc3s2)c1. The second-order valence-electron chi connectivity index (χ2n) is 9.51. The Morgan fingerprint density at radius 1 is 1.00 bits per heavy atom. The smallest absolute Gasteiger partial charge is 0.301 e. The number of amides is 1. The van der Waals surface area contributed by atoms with E-state index >= 15 is 0 Å². The van der Waals surface area contributed by atoms with Crippen LogP contribution in [-0.4, -0.2) is 48.2 Å². The molecular weight excluding hydrogens is 544 g/mol. The third-order valence-electron chi connectivity index (χ3n) is 6.77. The van der Waals surface area contributed by atoms with Gasteiger partial charge in [0.2, 0.25) is 0 Å². The number of carbonyl (C=O) groups is 2. The summed E-state index contributed by atoms with van der Waals surface area (Å²) in [5.74, 6) is 0.388. The summed E-state index contributed by atoms with van der Waals surface area (Å²) < 4.78 is 23.6. The first-order valence-corrected chi connectivity index (χ1v) is 14.3. The Hall–Kier alpha value is -4.57. The standard InChI is InChI=1S/C31H28N2O7S/c1-3-12-38-20-7-5-6-18(15-20)27-26(28(34)19-8-11-23-24(16-19)40-14-13-39-23)29(35)30(36)33(27)31-32-22-10-9-21(37-4-2)17-25(22)41-31/h5-11,15-17,27,34H,3-4,12-14H2,1-2H3/t27-/m1/s1. The molecule has 0 unspecified atom stereocenters. The average molecular weight is 573 g/mol. The first-order chi connectivity index (χ1) is 20.0. The van der Waals surface area contributed by atoms with E-state index in [4.69, 9.17) is 23.9 Å². The first-order valence-electron chi connectivity index (χ1n) is 13.5. The van der Waals surface area contributed by atoms with Crippen molar-refractivity contribution in [3.63, 3.8) is 0 Å². The monoisotopic (exact) mass is 572 g/mol. The van der Waals surface area contributed by atoms with Crippen molar-refractivity contribution < 1.29 is 33.6 Å². The highest BCUT2D eigenvalue weighted by Crippen LogP contribution is 2.46. The Balaban J connectivity index is 1.50. The molecule has 6 rings (SSSR count). The number of ketones is 1. The second kappa shape index (κ2) is 11.1. The fourth-order valence-electron chi connectivity index (χ4n) is 4.94. The van der Waals surface area contributed by atoms with E-state index in [9.17, 15) is 14.7 Å². The number of aromatic nitrogens is 1. The average Bonchev–Trinajstić information content (AvgIpc) is 3.53. The molecule has 2 aliphatic rings. The van der Waals surface area contributed by atoms with E-state index in [1.54, 1.807) is 36.4 Å². The van der Waals surface area contributed by atoms with Gasteiger partial charge in [-0.05, 0) is 67.4 Å². The normalized spacial score (nSPS) is 17.7. The molecule has 1 N–H and O–H groups in total. The van der Waals surface area contributed by atoms with Crippen LogP contribution in [0.4, 0.5) is 5.13 Å². The Morgan fingerprint density at radius 3 is 2.61 bits per heavy atom. The highest BCUT2D eigenvalue weighted by molar-refractivity contribution is 7.22. The molecule has 10 heteroatoms. The van der Waals surface area contributed by atoms with E-state index < -0.39 is 17.7 Å². The fourth-order valence-corrected chi connectivity index (χ4v) is 5.96. The zero-order valence-electron chi connectivity index (χ0n) is 22.6. The minimum atomic E-state index is -0.944. The molecule has 41 heavy (non-hydrogen) atoms. The van der Waals surface area contributed by atoms with E-state index in [0.717, 1.165) is 11.1 Å². The van der Waals surface area contributed by atoms with Crippen molar-refractivity contribution in [2.24, 2.45) is 0 Å². The van der Waals surface area contributed by atoms with E-state index in [0.29, 0.717) is 71.2 Å². The summed E-state index contributed by atoms with van der Waals surface area (Å²) in [5, 5.41) is 11.9. The number of rotatable bonds is 8. The van der Waals surface area contributed by atoms with Crippen LogP contribution >= 0.6 is 11.3 Å². The summed E-state index contributed by atoms with van der Waals surface area (Å²) in [6, 6.07) is 16.7. The quantitative estimate of drug-likeness (QED) is 0.158. The van der Waals surface area contributed by atoms with Crippen LogP contribution in [0.25, 0.3) is 16.0 Å². The summed E-state index contributed by atoms with van der Waals surface area (Å²) in [4.78, 5) is 33.4. The molecule has 0 bridgehead atoms. The van der Waals surface area contributed by atoms with Crippen LogP contribution in [0.15, 0.2) is 66.2 Å². The minimum absolute atomic E-state index is 0.0476. The second-order valence-corrected chi connectivity index (χ2v) is 10.5. The summed E-state index contributed by atoms with van der Waals surface area (Å²) in [6.45, 7) is 5.74. The molecule has 2 aliphatic heterocycles. The summed E-state index contributed by atoms with van der Waals surface area (Å²) in [5.41, 5.74) is 1.56. The van der Waals surface area contributed by atoms with Crippen molar-refractivity contribution in [2.75, 3.05) is 31.3 Å². The van der Waals surface area contributed by atoms with Crippen molar-refractivity contribution in [1.82, 2.24) is 4.98 Å². The van der Waals surface area contributed by atoms with Crippen molar-refractivity contribution in [1.29, 1.82) is 0 Å². The largest absolute Gasteiger partial charge is 0.507 e.